The lowest BCUT2D eigenvalue weighted by molar-refractivity contribution is 0.0200. The van der Waals surface area contributed by atoms with E-state index in [9.17, 15) is 5.11 Å². The highest BCUT2D eigenvalue weighted by molar-refractivity contribution is 7.99. The molecule has 0 bridgehead atoms. The van der Waals surface area contributed by atoms with Crippen LogP contribution < -0.4 is 0 Å². The second kappa shape index (κ2) is 3.63. The first-order valence-electron chi connectivity index (χ1n) is 4.10. The average molecular weight is 172 g/mol. The quantitative estimate of drug-likeness (QED) is 0.658. The molecule has 2 heteroatoms. The lowest BCUT2D eigenvalue weighted by Gasteiger charge is -2.25. The molecule has 1 rings (SSSR count). The summed E-state index contributed by atoms with van der Waals surface area (Å²) in [4.78, 5) is 0. The van der Waals surface area contributed by atoms with Crippen molar-refractivity contribution >= 4 is 11.8 Å². The van der Waals surface area contributed by atoms with Crippen molar-refractivity contribution in [2.24, 2.45) is 5.92 Å². The molecule has 1 heterocycles. The lowest BCUT2D eigenvalue weighted by atomic mass is 9.88. The van der Waals surface area contributed by atoms with E-state index in [4.69, 9.17) is 0 Å². The SMILES string of the molecule is C=CCCC1(O)CSCC1C. The molecule has 0 saturated carbocycles. The molecule has 2 unspecified atom stereocenters. The van der Waals surface area contributed by atoms with Crippen LogP contribution in [0.3, 0.4) is 0 Å². The first-order chi connectivity index (χ1) is 5.19. The summed E-state index contributed by atoms with van der Waals surface area (Å²) < 4.78 is 0. The van der Waals surface area contributed by atoms with Gasteiger partial charge in [-0.05, 0) is 24.5 Å². The van der Waals surface area contributed by atoms with Crippen LogP contribution >= 0.6 is 11.8 Å². The van der Waals surface area contributed by atoms with Gasteiger partial charge in [0.2, 0.25) is 0 Å². The molecular weight excluding hydrogens is 156 g/mol. The zero-order valence-corrected chi connectivity index (χ0v) is 7.86. The van der Waals surface area contributed by atoms with Crippen LogP contribution in [0.15, 0.2) is 12.7 Å². The van der Waals surface area contributed by atoms with Crippen molar-refractivity contribution in [1.82, 2.24) is 0 Å². The molecule has 1 N–H and O–H groups in total. The minimum Gasteiger partial charge on any atom is -0.389 e. The minimum absolute atomic E-state index is 0.404. The Morgan fingerprint density at radius 3 is 3.00 bits per heavy atom. The van der Waals surface area contributed by atoms with Gasteiger partial charge in [0.15, 0.2) is 0 Å². The molecule has 64 valence electrons. The van der Waals surface area contributed by atoms with Crippen LogP contribution in [0, 0.1) is 5.92 Å². The molecule has 1 aliphatic heterocycles. The van der Waals surface area contributed by atoms with Gasteiger partial charge in [-0.15, -0.1) is 6.58 Å². The highest BCUT2D eigenvalue weighted by atomic mass is 32.2. The van der Waals surface area contributed by atoms with Crippen molar-refractivity contribution in [3.8, 4) is 0 Å². The predicted molar refractivity (Wildman–Crippen MR) is 50.9 cm³/mol. The second-order valence-corrected chi connectivity index (χ2v) is 4.38. The van der Waals surface area contributed by atoms with Crippen LogP contribution in [0.2, 0.25) is 0 Å². The number of allylic oxidation sites excluding steroid dienone is 1. The molecule has 2 atom stereocenters. The number of aliphatic hydroxyl groups is 1. The van der Waals surface area contributed by atoms with Crippen LogP contribution in [0.25, 0.3) is 0 Å². The largest absolute Gasteiger partial charge is 0.389 e. The Morgan fingerprint density at radius 2 is 2.55 bits per heavy atom. The Labute approximate surface area is 72.9 Å². The third-order valence-corrected chi connectivity index (χ3v) is 3.86. The summed E-state index contributed by atoms with van der Waals surface area (Å²) in [5.41, 5.74) is -0.404. The third-order valence-electron chi connectivity index (χ3n) is 2.42. The minimum atomic E-state index is -0.404. The van der Waals surface area contributed by atoms with Gasteiger partial charge in [-0.25, -0.2) is 0 Å². The van der Waals surface area contributed by atoms with Crippen LogP contribution in [-0.4, -0.2) is 22.2 Å². The number of hydrogen-bond donors (Lipinski definition) is 1. The van der Waals surface area contributed by atoms with E-state index in [2.05, 4.69) is 13.5 Å². The Morgan fingerprint density at radius 1 is 1.82 bits per heavy atom. The van der Waals surface area contributed by atoms with Gasteiger partial charge in [0.25, 0.3) is 0 Å². The lowest BCUT2D eigenvalue weighted by Crippen LogP contribution is -2.34. The normalized spacial score (nSPS) is 37.5. The number of hydrogen-bond acceptors (Lipinski definition) is 2. The molecule has 1 fully saturated rings. The Balaban J connectivity index is 2.43. The summed E-state index contributed by atoms with van der Waals surface area (Å²) in [6.45, 7) is 5.79. The maximum atomic E-state index is 10.0. The van der Waals surface area contributed by atoms with E-state index in [-0.39, 0.29) is 0 Å². The van der Waals surface area contributed by atoms with Crippen LogP contribution in [0.5, 0.6) is 0 Å². The van der Waals surface area contributed by atoms with Crippen molar-refractivity contribution in [3.63, 3.8) is 0 Å². The molecular formula is C9H16OS. The van der Waals surface area contributed by atoms with Gasteiger partial charge in [0, 0.05) is 5.75 Å². The van der Waals surface area contributed by atoms with E-state index in [1.807, 2.05) is 17.8 Å². The topological polar surface area (TPSA) is 20.2 Å². The molecule has 1 nitrogen and oxygen atoms in total. The molecule has 11 heavy (non-hydrogen) atoms. The molecule has 0 aromatic rings. The van der Waals surface area contributed by atoms with E-state index < -0.39 is 5.60 Å². The molecule has 0 aromatic carbocycles. The van der Waals surface area contributed by atoms with Gasteiger partial charge in [-0.2, -0.15) is 11.8 Å². The number of thioether (sulfide) groups is 1. The average Bonchev–Trinajstić information content (AvgIpc) is 2.30. The second-order valence-electron chi connectivity index (χ2n) is 3.35. The zero-order valence-electron chi connectivity index (χ0n) is 7.05. The van der Waals surface area contributed by atoms with Crippen molar-refractivity contribution in [3.05, 3.63) is 12.7 Å². The summed E-state index contributed by atoms with van der Waals surface area (Å²) in [7, 11) is 0. The number of rotatable bonds is 3. The van der Waals surface area contributed by atoms with Crippen molar-refractivity contribution in [1.29, 1.82) is 0 Å². The Bertz CT molecular complexity index is 146. The van der Waals surface area contributed by atoms with Crippen LogP contribution in [0.4, 0.5) is 0 Å². The van der Waals surface area contributed by atoms with E-state index in [0.717, 1.165) is 24.3 Å². The van der Waals surface area contributed by atoms with Crippen LogP contribution in [-0.2, 0) is 0 Å². The van der Waals surface area contributed by atoms with Crippen molar-refractivity contribution in [2.45, 2.75) is 25.4 Å². The monoisotopic (exact) mass is 172 g/mol. The van der Waals surface area contributed by atoms with Gasteiger partial charge in [-0.1, -0.05) is 13.0 Å². The zero-order chi connectivity index (χ0) is 8.32. The molecule has 0 radical (unpaired) electrons. The summed E-state index contributed by atoms with van der Waals surface area (Å²) in [6, 6.07) is 0. The van der Waals surface area contributed by atoms with Gasteiger partial charge in [-0.3, -0.25) is 0 Å². The standard InChI is InChI=1S/C9H16OS/c1-3-4-5-9(10)7-11-6-8(9)2/h3,8,10H,1,4-7H2,2H3. The Kier molecular flexibility index (Phi) is 3.02. The maximum absolute atomic E-state index is 10.0. The van der Waals surface area contributed by atoms with Crippen LogP contribution in [0.1, 0.15) is 19.8 Å². The summed E-state index contributed by atoms with van der Waals surface area (Å²) >= 11 is 1.86. The van der Waals surface area contributed by atoms with E-state index in [1.165, 1.54) is 0 Å². The summed E-state index contributed by atoms with van der Waals surface area (Å²) in [6.07, 6.45) is 3.69. The fraction of sp³-hybridized carbons (Fsp3) is 0.778. The molecule has 0 aromatic heterocycles. The van der Waals surface area contributed by atoms with Gasteiger partial charge < -0.3 is 5.11 Å². The summed E-state index contributed by atoms with van der Waals surface area (Å²) in [5, 5.41) is 10.0. The summed E-state index contributed by atoms with van der Waals surface area (Å²) in [5.74, 6) is 2.46. The molecule has 0 spiro atoms. The highest BCUT2D eigenvalue weighted by Gasteiger charge is 2.37. The molecule has 0 amide bonds. The van der Waals surface area contributed by atoms with E-state index in [1.54, 1.807) is 0 Å². The van der Waals surface area contributed by atoms with Gasteiger partial charge >= 0.3 is 0 Å². The molecule has 1 aliphatic rings. The Hall–Kier alpha value is 0.0500. The molecule has 1 saturated heterocycles. The first kappa shape index (κ1) is 9.14. The maximum Gasteiger partial charge on any atom is 0.0773 e. The molecule has 0 aliphatic carbocycles. The predicted octanol–water partition coefficient (Wildman–Crippen LogP) is 2.07. The fourth-order valence-electron chi connectivity index (χ4n) is 1.38. The van der Waals surface area contributed by atoms with E-state index in [0.29, 0.717) is 5.92 Å². The third kappa shape index (κ3) is 2.00. The fourth-order valence-corrected chi connectivity index (χ4v) is 2.94. The van der Waals surface area contributed by atoms with Gasteiger partial charge in [0.05, 0.1) is 5.60 Å². The highest BCUT2D eigenvalue weighted by Crippen LogP contribution is 2.36. The van der Waals surface area contributed by atoms with E-state index >= 15 is 0 Å². The first-order valence-corrected chi connectivity index (χ1v) is 5.25. The van der Waals surface area contributed by atoms with Crippen molar-refractivity contribution < 1.29 is 5.11 Å². The van der Waals surface area contributed by atoms with Gasteiger partial charge in [0.1, 0.15) is 0 Å². The smallest absolute Gasteiger partial charge is 0.0773 e. The van der Waals surface area contributed by atoms with Crippen molar-refractivity contribution in [2.75, 3.05) is 11.5 Å².